The van der Waals surface area contributed by atoms with Crippen LogP contribution in [0.4, 0.5) is 13.2 Å². The number of aromatic nitrogens is 2. The van der Waals surface area contributed by atoms with Gasteiger partial charge in [0.2, 0.25) is 5.82 Å². The second-order valence-corrected chi connectivity index (χ2v) is 10.0. The molecule has 35 heavy (non-hydrogen) atoms. The van der Waals surface area contributed by atoms with E-state index in [0.717, 1.165) is 50.0 Å². The second kappa shape index (κ2) is 15.1. The Morgan fingerprint density at radius 2 is 1.63 bits per heavy atom. The highest BCUT2D eigenvalue weighted by Crippen LogP contribution is 2.30. The molecule has 0 radical (unpaired) electrons. The van der Waals surface area contributed by atoms with Crippen molar-refractivity contribution in [2.45, 2.75) is 109 Å². The highest BCUT2D eigenvalue weighted by molar-refractivity contribution is 5.57. The third kappa shape index (κ3) is 9.12. The van der Waals surface area contributed by atoms with E-state index in [2.05, 4.69) is 16.9 Å². The zero-order valence-electron chi connectivity index (χ0n) is 21.2. The number of hydrogen-bond acceptors (Lipinski definition) is 3. The fourth-order valence-electron chi connectivity index (χ4n) is 4.91. The second-order valence-electron chi connectivity index (χ2n) is 10.0. The third-order valence-corrected chi connectivity index (χ3v) is 7.09. The first-order chi connectivity index (χ1) is 17.1. The monoisotopic (exact) mass is 490 g/mol. The van der Waals surface area contributed by atoms with Crippen LogP contribution < -0.4 is 4.74 Å². The molecular formula is C29H41F3N2O. The van der Waals surface area contributed by atoms with Gasteiger partial charge in [-0.25, -0.2) is 18.7 Å². The molecule has 0 unspecified atom stereocenters. The lowest BCUT2D eigenvalue weighted by molar-refractivity contribution is 0.177. The zero-order chi connectivity index (χ0) is 24.9. The van der Waals surface area contributed by atoms with E-state index in [9.17, 15) is 13.2 Å². The van der Waals surface area contributed by atoms with Gasteiger partial charge in [-0.1, -0.05) is 84.0 Å². The minimum atomic E-state index is -1.20. The Balaban J connectivity index is 1.42. The summed E-state index contributed by atoms with van der Waals surface area (Å²) in [7, 11) is 0. The van der Waals surface area contributed by atoms with Gasteiger partial charge in [-0.15, -0.1) is 0 Å². The predicted octanol–water partition coefficient (Wildman–Crippen LogP) is 8.79. The van der Waals surface area contributed by atoms with E-state index in [1.165, 1.54) is 63.5 Å². The third-order valence-electron chi connectivity index (χ3n) is 7.09. The molecule has 1 aliphatic carbocycles. The Bertz CT molecular complexity index is 869. The number of benzene rings is 1. The van der Waals surface area contributed by atoms with Crippen molar-refractivity contribution in [3.05, 3.63) is 41.7 Å². The van der Waals surface area contributed by atoms with E-state index in [0.29, 0.717) is 6.42 Å². The molecule has 0 spiro atoms. The minimum absolute atomic E-state index is 0.0234. The molecule has 0 N–H and O–H groups in total. The van der Waals surface area contributed by atoms with Crippen LogP contribution in [0.2, 0.25) is 0 Å². The molecule has 1 aliphatic rings. The van der Waals surface area contributed by atoms with Crippen LogP contribution in [-0.2, 0) is 6.42 Å². The fraction of sp³-hybridized carbons (Fsp3) is 0.655. The van der Waals surface area contributed by atoms with Gasteiger partial charge in [-0.2, -0.15) is 4.39 Å². The lowest BCUT2D eigenvalue weighted by atomic mass is 9.99. The Morgan fingerprint density at radius 3 is 2.37 bits per heavy atom. The number of ether oxygens (including phenoxy) is 1. The van der Waals surface area contributed by atoms with Crippen LogP contribution in [0.15, 0.2) is 24.5 Å². The van der Waals surface area contributed by atoms with Crippen molar-refractivity contribution in [2.75, 3.05) is 6.61 Å². The molecular weight excluding hydrogens is 449 g/mol. The first kappa shape index (κ1) is 27.5. The summed E-state index contributed by atoms with van der Waals surface area (Å²) in [4.78, 5) is 8.50. The Kier molecular flexibility index (Phi) is 11.9. The van der Waals surface area contributed by atoms with Gasteiger partial charge in [-0.3, -0.25) is 0 Å². The highest BCUT2D eigenvalue weighted by atomic mass is 19.2. The lowest BCUT2D eigenvalue weighted by Crippen LogP contribution is -2.14. The largest absolute Gasteiger partial charge is 0.487 e. The first-order valence-electron chi connectivity index (χ1n) is 13.6. The number of nitrogens with zero attached hydrogens (tertiary/aromatic N) is 2. The molecule has 194 valence electrons. The first-order valence-corrected chi connectivity index (χ1v) is 13.6. The predicted molar refractivity (Wildman–Crippen MR) is 135 cm³/mol. The maximum atomic E-state index is 14.7. The average molecular weight is 491 g/mol. The van der Waals surface area contributed by atoms with Gasteiger partial charge >= 0.3 is 0 Å². The fourth-order valence-corrected chi connectivity index (χ4v) is 4.91. The molecule has 3 rings (SSSR count). The Morgan fingerprint density at radius 1 is 0.914 bits per heavy atom. The van der Waals surface area contributed by atoms with E-state index in [4.69, 9.17) is 4.74 Å². The van der Waals surface area contributed by atoms with Gasteiger partial charge in [0.25, 0.3) is 0 Å². The van der Waals surface area contributed by atoms with Crippen molar-refractivity contribution in [1.29, 1.82) is 0 Å². The molecule has 3 nitrogen and oxygen atoms in total. The molecule has 0 aliphatic heterocycles. The normalized spacial score (nSPS) is 15.0. The van der Waals surface area contributed by atoms with Crippen LogP contribution in [0.1, 0.15) is 102 Å². The van der Waals surface area contributed by atoms with Crippen LogP contribution in [0.5, 0.6) is 5.75 Å². The number of halogens is 3. The molecule has 1 aromatic carbocycles. The molecule has 2 aromatic rings. The summed E-state index contributed by atoms with van der Waals surface area (Å²) in [6, 6.07) is 2.71. The average Bonchev–Trinajstić information content (AvgIpc) is 3.39. The summed E-state index contributed by atoms with van der Waals surface area (Å²) in [6.07, 6.45) is 19.2. The number of rotatable bonds is 16. The minimum Gasteiger partial charge on any atom is -0.487 e. The molecule has 1 saturated carbocycles. The van der Waals surface area contributed by atoms with Gasteiger partial charge in [0.1, 0.15) is 12.8 Å². The molecule has 0 amide bonds. The zero-order valence-corrected chi connectivity index (χ0v) is 21.2. The van der Waals surface area contributed by atoms with Gasteiger partial charge < -0.3 is 4.74 Å². The van der Waals surface area contributed by atoms with E-state index < -0.39 is 17.8 Å². The summed E-state index contributed by atoms with van der Waals surface area (Å²) < 4.78 is 48.4. The molecule has 0 saturated heterocycles. The van der Waals surface area contributed by atoms with Crippen molar-refractivity contribution >= 4 is 0 Å². The van der Waals surface area contributed by atoms with Crippen LogP contribution in [0.25, 0.3) is 11.4 Å². The van der Waals surface area contributed by atoms with Crippen molar-refractivity contribution in [3.8, 4) is 17.1 Å². The molecule has 6 heteroatoms. The highest BCUT2D eigenvalue weighted by Gasteiger charge is 2.19. The van der Waals surface area contributed by atoms with E-state index in [1.807, 2.05) is 0 Å². The molecule has 1 heterocycles. The van der Waals surface area contributed by atoms with E-state index in [1.54, 1.807) is 12.4 Å². The quantitative estimate of drug-likeness (QED) is 0.221. The summed E-state index contributed by atoms with van der Waals surface area (Å²) in [5, 5.41) is 0. The molecule has 1 atom stereocenters. The molecule has 1 aromatic heterocycles. The SMILES string of the molecule is CCCCCC[C@@H](F)COc1ccc(-c2ncc(CCCCCCC3CCCC3)cn2)c(F)c1F. The van der Waals surface area contributed by atoms with E-state index in [-0.39, 0.29) is 23.7 Å². The summed E-state index contributed by atoms with van der Waals surface area (Å²) in [5.41, 5.74) is 0.975. The van der Waals surface area contributed by atoms with Crippen molar-refractivity contribution in [3.63, 3.8) is 0 Å². The van der Waals surface area contributed by atoms with Crippen molar-refractivity contribution in [2.24, 2.45) is 5.92 Å². The standard InChI is InChI=1S/C29H41F3N2O/c1-2-3-4-9-16-24(30)21-35-26-18-17-25(27(31)28(26)32)29-33-19-23(20-34-29)15-8-6-5-7-12-22-13-10-11-14-22/h17-20,22,24H,2-16,21H2,1H3/t24-/m1/s1. The van der Waals surface area contributed by atoms with Crippen LogP contribution in [0, 0.1) is 17.6 Å². The van der Waals surface area contributed by atoms with Gasteiger partial charge in [0.15, 0.2) is 17.4 Å². The summed E-state index contributed by atoms with van der Waals surface area (Å²) >= 11 is 0. The van der Waals surface area contributed by atoms with Crippen LogP contribution >= 0.6 is 0 Å². The number of aryl methyl sites for hydroxylation is 1. The Labute approximate surface area is 208 Å². The van der Waals surface area contributed by atoms with Crippen molar-refractivity contribution < 1.29 is 17.9 Å². The number of alkyl halides is 1. The Hall–Kier alpha value is -2.11. The van der Waals surface area contributed by atoms with Crippen molar-refractivity contribution in [1.82, 2.24) is 9.97 Å². The van der Waals surface area contributed by atoms with Gasteiger partial charge in [0.05, 0.1) is 5.56 Å². The maximum Gasteiger partial charge on any atom is 0.201 e. The lowest BCUT2D eigenvalue weighted by Gasteiger charge is -2.12. The number of unbranched alkanes of at least 4 members (excludes halogenated alkanes) is 6. The maximum absolute atomic E-state index is 14.7. The summed E-state index contributed by atoms with van der Waals surface area (Å²) in [5.74, 6) is -1.40. The van der Waals surface area contributed by atoms with Gasteiger partial charge in [-0.05, 0) is 42.9 Å². The van der Waals surface area contributed by atoms with E-state index >= 15 is 0 Å². The number of hydrogen-bond donors (Lipinski definition) is 0. The molecule has 0 bridgehead atoms. The van der Waals surface area contributed by atoms with Crippen LogP contribution in [0.3, 0.4) is 0 Å². The topological polar surface area (TPSA) is 35.0 Å². The van der Waals surface area contributed by atoms with Crippen LogP contribution in [-0.4, -0.2) is 22.7 Å². The smallest absolute Gasteiger partial charge is 0.201 e. The summed E-state index contributed by atoms with van der Waals surface area (Å²) in [6.45, 7) is 1.81. The van der Waals surface area contributed by atoms with Gasteiger partial charge in [0, 0.05) is 12.4 Å². The molecule has 1 fully saturated rings.